The molecule has 0 fully saturated rings. The molecule has 0 spiro atoms. The summed E-state index contributed by atoms with van der Waals surface area (Å²) >= 11 is 0. The third-order valence-corrected chi connectivity index (χ3v) is 22.6. The normalized spacial score (nSPS) is 14.1. The highest BCUT2D eigenvalue weighted by Crippen LogP contribution is 2.39. The second kappa shape index (κ2) is 82.7. The van der Waals surface area contributed by atoms with Crippen molar-refractivity contribution in [2.45, 2.75) is 432 Å². The number of phosphoric acid groups is 2. The van der Waals surface area contributed by atoms with Crippen molar-refractivity contribution in [1.29, 1.82) is 0 Å². The van der Waals surface area contributed by atoms with Crippen LogP contribution in [0.4, 0.5) is 0 Å². The zero-order valence-corrected chi connectivity index (χ0v) is 75.8. The molecular weight excluding hydrogens is 1500 g/mol. The average molecular weight is 1670 g/mol. The minimum atomic E-state index is -5.04. The molecular formula is C90H171N5O18P2-2. The molecule has 0 saturated heterocycles. The standard InChI is InChI=1S/C90H173N5O18P2/c1-8-14-20-26-30-34-36-40-42-48-54-63-85(96)94-80(76-106-72-67-82(60-52-46-24-18-12-5)112-87(98)65-56-50-44-38-32-28-22-16-10-3)78-110-114(102,103)108-74-70-92-89(100)84(62-58-59-69-91-7)90(101)93-71-75-109-115(104,105)111-79-81(95-86(97)64-55-49-43-41-37-35-31-27-21-15-9-2)77-107-73-68-83(61-53-47-25-19-13-6)113-88(99)66-57-51-45-39-33-29-23-17-11-4/h38-39,44-45,80-84,91H,8-37,40-43,46-79H2,1-7H3,(H,92,100)(H,93,101)(H,94,96)(H,95,97)(H,102,103)(H,104,105)/p-2/b44-38-,45-39-. The van der Waals surface area contributed by atoms with E-state index >= 15 is 0 Å². The van der Waals surface area contributed by atoms with E-state index in [0.717, 1.165) is 128 Å². The Kier molecular flexibility index (Phi) is 80.1. The van der Waals surface area contributed by atoms with Crippen LogP contribution < -0.4 is 36.4 Å². The Labute approximate surface area is 700 Å². The number of amides is 4. The summed E-state index contributed by atoms with van der Waals surface area (Å²) in [6.07, 6.45) is 62.6. The molecule has 6 unspecified atom stereocenters. The number of nitrogens with one attached hydrogen (secondary N) is 5. The lowest BCUT2D eigenvalue weighted by molar-refractivity contribution is -0.227. The molecule has 5 N–H and O–H groups in total. The molecule has 0 heterocycles. The van der Waals surface area contributed by atoms with Gasteiger partial charge in [0, 0.05) is 51.6 Å². The minimum Gasteiger partial charge on any atom is -0.756 e. The van der Waals surface area contributed by atoms with E-state index in [9.17, 15) is 47.7 Å². The first kappa shape index (κ1) is 111. The van der Waals surface area contributed by atoms with Gasteiger partial charge in [0.15, 0.2) is 0 Å². The Morgan fingerprint density at radius 3 is 0.965 bits per heavy atom. The maximum atomic E-state index is 13.7. The van der Waals surface area contributed by atoms with Gasteiger partial charge in [-0.1, -0.05) is 291 Å². The summed E-state index contributed by atoms with van der Waals surface area (Å²) < 4.78 is 71.8. The van der Waals surface area contributed by atoms with Gasteiger partial charge in [-0.2, -0.15) is 0 Å². The molecule has 6 atom stereocenters. The van der Waals surface area contributed by atoms with Crippen molar-refractivity contribution in [3.05, 3.63) is 24.3 Å². The van der Waals surface area contributed by atoms with Gasteiger partial charge in [0.25, 0.3) is 15.6 Å². The van der Waals surface area contributed by atoms with Crippen LogP contribution in [-0.2, 0) is 74.9 Å². The second-order valence-corrected chi connectivity index (χ2v) is 34.6. The Bertz CT molecular complexity index is 2290. The molecule has 0 aliphatic carbocycles. The zero-order valence-electron chi connectivity index (χ0n) is 74.0. The van der Waals surface area contributed by atoms with Crippen LogP contribution in [0.2, 0.25) is 0 Å². The molecule has 0 aromatic carbocycles. The summed E-state index contributed by atoms with van der Waals surface area (Å²) in [7, 11) is -8.30. The number of rotatable bonds is 89. The molecule has 0 aliphatic rings. The number of carbonyl (C=O) groups excluding carboxylic acids is 6. The SMILES string of the molecule is CCCCCC/C=C\CCCC(=O)OC(CCCCCCC)CCOCC(COP(=O)([O-])OCCNC(=O)C(CCCCNC)C(=O)NCCOP(=O)([O-])OCC(COCCC(CCCCCCC)OC(=O)CCC/C=C\CCCCCC)NC(=O)CCCCCCCCCCCCC)NC(=O)CCCCCCCCCCCCC. The molecule has 4 amide bonds. The molecule has 0 rings (SSSR count). The summed E-state index contributed by atoms with van der Waals surface area (Å²) in [4.78, 5) is 107. The fraction of sp³-hybridized carbons (Fsp3) is 0.889. The second-order valence-electron chi connectivity index (χ2n) is 31.8. The summed E-state index contributed by atoms with van der Waals surface area (Å²) in [6.45, 7) is 11.2. The zero-order chi connectivity index (χ0) is 84.5. The number of hydrogen-bond donors (Lipinski definition) is 5. The van der Waals surface area contributed by atoms with Crippen LogP contribution in [-0.4, -0.2) is 139 Å². The topological polar surface area (TPSA) is 317 Å². The van der Waals surface area contributed by atoms with Crippen molar-refractivity contribution in [1.82, 2.24) is 26.6 Å². The first-order valence-electron chi connectivity index (χ1n) is 46.7. The highest BCUT2D eigenvalue weighted by molar-refractivity contribution is 7.46. The molecule has 0 aromatic rings. The summed E-state index contributed by atoms with van der Waals surface area (Å²) in [5.74, 6) is -3.71. The van der Waals surface area contributed by atoms with E-state index in [1.807, 2.05) is 0 Å². The van der Waals surface area contributed by atoms with E-state index in [2.05, 4.69) is 92.4 Å². The number of esters is 2. The molecule has 115 heavy (non-hydrogen) atoms. The molecule has 0 saturated carbocycles. The van der Waals surface area contributed by atoms with Gasteiger partial charge in [-0.05, 0) is 116 Å². The van der Waals surface area contributed by atoms with Gasteiger partial charge < -0.3 is 73.4 Å². The van der Waals surface area contributed by atoms with E-state index in [1.165, 1.54) is 141 Å². The van der Waals surface area contributed by atoms with E-state index < -0.39 is 71.9 Å². The highest BCUT2D eigenvalue weighted by Gasteiger charge is 2.28. The predicted molar refractivity (Wildman–Crippen MR) is 463 cm³/mol. The Balaban J connectivity index is 5.96. The van der Waals surface area contributed by atoms with Crippen LogP contribution in [0.15, 0.2) is 24.3 Å². The highest BCUT2D eigenvalue weighted by atomic mass is 31.2. The van der Waals surface area contributed by atoms with Crippen LogP contribution in [0.3, 0.4) is 0 Å². The first-order chi connectivity index (χ1) is 55.9. The molecule has 0 bridgehead atoms. The smallest absolute Gasteiger partial charge is 0.306 e. The van der Waals surface area contributed by atoms with Crippen molar-refractivity contribution < 1.29 is 84.7 Å². The van der Waals surface area contributed by atoms with Gasteiger partial charge in [-0.3, -0.25) is 37.9 Å². The van der Waals surface area contributed by atoms with Crippen LogP contribution in [0.25, 0.3) is 0 Å². The van der Waals surface area contributed by atoms with Crippen molar-refractivity contribution in [3.63, 3.8) is 0 Å². The Morgan fingerprint density at radius 2 is 0.626 bits per heavy atom. The molecule has 25 heteroatoms. The molecule has 0 aliphatic heterocycles. The van der Waals surface area contributed by atoms with Crippen molar-refractivity contribution in [2.75, 3.05) is 79.5 Å². The average Bonchev–Trinajstić information content (AvgIpc) is 0.915. The maximum absolute atomic E-state index is 13.7. The number of allylic oxidation sites excluding steroid dienone is 4. The van der Waals surface area contributed by atoms with E-state index in [1.54, 1.807) is 7.05 Å². The lowest BCUT2D eigenvalue weighted by Gasteiger charge is -2.27. The van der Waals surface area contributed by atoms with E-state index in [0.29, 0.717) is 83.6 Å². The van der Waals surface area contributed by atoms with Gasteiger partial charge in [-0.25, -0.2) is 0 Å². The molecule has 0 aromatic heterocycles. The van der Waals surface area contributed by atoms with Crippen LogP contribution in [0.1, 0.15) is 408 Å². The van der Waals surface area contributed by atoms with Crippen molar-refractivity contribution in [2.24, 2.45) is 5.92 Å². The number of phosphoric ester groups is 2. The molecule has 676 valence electrons. The van der Waals surface area contributed by atoms with Crippen molar-refractivity contribution in [3.8, 4) is 0 Å². The number of hydrogen-bond acceptors (Lipinski definition) is 19. The van der Waals surface area contributed by atoms with Gasteiger partial charge in [0.2, 0.25) is 23.6 Å². The lowest BCUT2D eigenvalue weighted by atomic mass is 10.00. The van der Waals surface area contributed by atoms with Crippen molar-refractivity contribution >= 4 is 51.2 Å². The van der Waals surface area contributed by atoms with Gasteiger partial charge in [0.05, 0.1) is 64.9 Å². The summed E-state index contributed by atoms with van der Waals surface area (Å²) in [5.41, 5.74) is 0. The third-order valence-electron chi connectivity index (χ3n) is 20.7. The number of unbranched alkanes of at least 4 members (excludes halogenated alkanes) is 39. The largest absolute Gasteiger partial charge is 0.756 e. The number of ether oxygens (including phenoxy) is 4. The first-order valence-corrected chi connectivity index (χ1v) is 49.6. The summed E-state index contributed by atoms with van der Waals surface area (Å²) in [5, 5.41) is 14.0. The van der Waals surface area contributed by atoms with Gasteiger partial charge in [-0.15, -0.1) is 0 Å². The number of carbonyl (C=O) groups is 6. The third kappa shape index (κ3) is 76.3. The Hall–Kier alpha value is -3.60. The molecule has 0 radical (unpaired) electrons. The minimum absolute atomic E-state index is 0.0886. The predicted octanol–water partition coefficient (Wildman–Crippen LogP) is 20.4. The maximum Gasteiger partial charge on any atom is 0.306 e. The quantitative estimate of drug-likeness (QED) is 0.0124. The lowest BCUT2D eigenvalue weighted by Crippen LogP contribution is -2.43. The fourth-order valence-electron chi connectivity index (χ4n) is 13.6. The fourth-order valence-corrected chi connectivity index (χ4v) is 15.1. The monoisotopic (exact) mass is 1670 g/mol. The van der Waals surface area contributed by atoms with Crippen LogP contribution in [0, 0.1) is 5.92 Å². The van der Waals surface area contributed by atoms with E-state index in [-0.39, 0.29) is 94.7 Å². The van der Waals surface area contributed by atoms with Crippen LogP contribution in [0.5, 0.6) is 0 Å². The van der Waals surface area contributed by atoms with Gasteiger partial charge >= 0.3 is 11.9 Å². The van der Waals surface area contributed by atoms with Gasteiger partial charge in [0.1, 0.15) is 18.1 Å². The Morgan fingerprint density at radius 1 is 0.322 bits per heavy atom. The summed E-state index contributed by atoms with van der Waals surface area (Å²) in [6, 6.07) is -1.76. The van der Waals surface area contributed by atoms with Crippen LogP contribution >= 0.6 is 15.6 Å². The molecule has 23 nitrogen and oxygen atoms in total. The van der Waals surface area contributed by atoms with E-state index in [4.69, 9.17) is 37.0 Å².